The van der Waals surface area contributed by atoms with Gasteiger partial charge in [0.05, 0.1) is 5.92 Å². The van der Waals surface area contributed by atoms with Gasteiger partial charge in [-0.2, -0.15) is 0 Å². The highest BCUT2D eigenvalue weighted by Crippen LogP contribution is 2.37. The first-order chi connectivity index (χ1) is 9.49. The van der Waals surface area contributed by atoms with E-state index in [4.69, 9.17) is 5.73 Å². The summed E-state index contributed by atoms with van der Waals surface area (Å²) in [5, 5.41) is 2.92. The molecule has 2 heterocycles. The molecular formula is C15H25N3O2. The molecule has 20 heavy (non-hydrogen) atoms. The highest BCUT2D eigenvalue weighted by molar-refractivity contribution is 5.84. The molecule has 112 valence electrons. The number of hydrogen-bond acceptors (Lipinski definition) is 3. The zero-order valence-electron chi connectivity index (χ0n) is 12.2. The van der Waals surface area contributed by atoms with Gasteiger partial charge in [-0.05, 0) is 32.6 Å². The minimum atomic E-state index is -0.390. The molecular weight excluding hydrogens is 254 g/mol. The minimum absolute atomic E-state index is 0.0763. The van der Waals surface area contributed by atoms with Crippen LogP contribution < -0.4 is 11.1 Å². The van der Waals surface area contributed by atoms with Gasteiger partial charge in [0.1, 0.15) is 0 Å². The maximum atomic E-state index is 13.0. The van der Waals surface area contributed by atoms with Crippen LogP contribution in [0.3, 0.4) is 0 Å². The Bertz CT molecular complexity index is 421. The smallest absolute Gasteiger partial charge is 0.228 e. The van der Waals surface area contributed by atoms with Gasteiger partial charge in [-0.15, -0.1) is 0 Å². The monoisotopic (exact) mass is 279 g/mol. The normalized spacial score (nSPS) is 41.2. The summed E-state index contributed by atoms with van der Waals surface area (Å²) >= 11 is 0. The summed E-state index contributed by atoms with van der Waals surface area (Å²) in [7, 11) is 0. The van der Waals surface area contributed by atoms with Crippen molar-refractivity contribution in [2.24, 2.45) is 11.7 Å². The molecule has 3 aliphatic rings. The molecule has 2 saturated heterocycles. The van der Waals surface area contributed by atoms with E-state index in [2.05, 4.69) is 5.32 Å². The van der Waals surface area contributed by atoms with Crippen LogP contribution in [0, 0.1) is 5.92 Å². The lowest BCUT2D eigenvalue weighted by molar-refractivity contribution is -0.141. The number of carbonyl (C=O) groups is 2. The molecule has 2 amide bonds. The van der Waals surface area contributed by atoms with Crippen LogP contribution in [0.25, 0.3) is 0 Å². The number of nitrogens with two attached hydrogens (primary N) is 1. The van der Waals surface area contributed by atoms with Gasteiger partial charge in [0.2, 0.25) is 11.8 Å². The molecule has 4 atom stereocenters. The summed E-state index contributed by atoms with van der Waals surface area (Å²) in [4.78, 5) is 26.7. The summed E-state index contributed by atoms with van der Waals surface area (Å²) in [6, 6.07) is 0.268. The standard InChI is InChI=1S/C15H25N3O2/c1-15(16)7-3-2-4-12(15)14(20)18-10-5-6-11(18)9-17-13(19)8-10/h10-12H,2-9,16H2,1H3,(H,17,19). The van der Waals surface area contributed by atoms with Gasteiger partial charge < -0.3 is 16.0 Å². The zero-order chi connectivity index (χ0) is 14.3. The quantitative estimate of drug-likeness (QED) is 0.744. The molecule has 0 aromatic carbocycles. The van der Waals surface area contributed by atoms with Crippen molar-refractivity contribution in [3.63, 3.8) is 0 Å². The second-order valence-corrected chi connectivity index (χ2v) is 6.94. The molecule has 0 aromatic rings. The Kier molecular flexibility index (Phi) is 3.48. The van der Waals surface area contributed by atoms with Crippen molar-refractivity contribution >= 4 is 11.8 Å². The van der Waals surface area contributed by atoms with Gasteiger partial charge in [-0.25, -0.2) is 0 Å². The molecule has 0 aromatic heterocycles. The number of hydrogen-bond donors (Lipinski definition) is 2. The highest BCUT2D eigenvalue weighted by atomic mass is 16.2. The van der Waals surface area contributed by atoms with E-state index in [0.29, 0.717) is 13.0 Å². The Morgan fingerprint density at radius 3 is 2.80 bits per heavy atom. The van der Waals surface area contributed by atoms with Gasteiger partial charge in [0.25, 0.3) is 0 Å². The summed E-state index contributed by atoms with van der Waals surface area (Å²) < 4.78 is 0. The summed E-state index contributed by atoms with van der Waals surface area (Å²) in [6.45, 7) is 2.62. The van der Waals surface area contributed by atoms with Crippen LogP contribution in [0.1, 0.15) is 51.9 Å². The second kappa shape index (κ2) is 5.02. The van der Waals surface area contributed by atoms with Crippen LogP contribution in [-0.4, -0.2) is 40.9 Å². The topological polar surface area (TPSA) is 75.4 Å². The van der Waals surface area contributed by atoms with Crippen LogP contribution in [0.5, 0.6) is 0 Å². The van der Waals surface area contributed by atoms with Crippen molar-refractivity contribution in [2.75, 3.05) is 6.54 Å². The Morgan fingerprint density at radius 2 is 2.05 bits per heavy atom. The van der Waals surface area contributed by atoms with Crippen LogP contribution >= 0.6 is 0 Å². The first-order valence-corrected chi connectivity index (χ1v) is 7.87. The van der Waals surface area contributed by atoms with E-state index in [1.165, 1.54) is 0 Å². The summed E-state index contributed by atoms with van der Waals surface area (Å²) in [5.41, 5.74) is 5.99. The van der Waals surface area contributed by atoms with E-state index in [1.54, 1.807) is 0 Å². The van der Waals surface area contributed by atoms with Crippen LogP contribution in [0.4, 0.5) is 0 Å². The molecule has 5 nitrogen and oxygen atoms in total. The molecule has 1 saturated carbocycles. The fourth-order valence-electron chi connectivity index (χ4n) is 4.18. The molecule has 4 unspecified atom stereocenters. The fourth-order valence-corrected chi connectivity index (χ4v) is 4.18. The molecule has 1 aliphatic carbocycles. The Labute approximate surface area is 120 Å². The first-order valence-electron chi connectivity index (χ1n) is 7.87. The largest absolute Gasteiger partial charge is 0.354 e. The number of nitrogens with zero attached hydrogens (tertiary/aromatic N) is 1. The van der Waals surface area contributed by atoms with Crippen molar-refractivity contribution in [3.8, 4) is 0 Å². The number of fused-ring (bicyclic) bond motifs is 2. The van der Waals surface area contributed by atoms with Crippen molar-refractivity contribution in [1.29, 1.82) is 0 Å². The third kappa shape index (κ3) is 2.32. The molecule has 3 fully saturated rings. The average molecular weight is 279 g/mol. The van der Waals surface area contributed by atoms with Gasteiger partial charge in [0, 0.05) is 30.6 Å². The molecule has 2 bridgehead atoms. The Balaban J connectivity index is 1.81. The second-order valence-electron chi connectivity index (χ2n) is 6.94. The van der Waals surface area contributed by atoms with E-state index in [0.717, 1.165) is 38.5 Å². The number of rotatable bonds is 1. The van der Waals surface area contributed by atoms with Crippen LogP contribution in [0.15, 0.2) is 0 Å². The van der Waals surface area contributed by atoms with Crippen molar-refractivity contribution in [3.05, 3.63) is 0 Å². The van der Waals surface area contributed by atoms with Crippen molar-refractivity contribution in [2.45, 2.75) is 69.5 Å². The van der Waals surface area contributed by atoms with E-state index < -0.39 is 5.54 Å². The molecule has 0 spiro atoms. The number of carbonyl (C=O) groups excluding carboxylic acids is 2. The predicted octanol–water partition coefficient (Wildman–Crippen LogP) is 0.774. The minimum Gasteiger partial charge on any atom is -0.354 e. The number of nitrogens with one attached hydrogen (secondary N) is 1. The zero-order valence-corrected chi connectivity index (χ0v) is 12.2. The lowest BCUT2D eigenvalue weighted by atomic mass is 9.73. The average Bonchev–Trinajstić information content (AvgIpc) is 2.68. The molecule has 3 N–H and O–H groups in total. The van der Waals surface area contributed by atoms with E-state index >= 15 is 0 Å². The number of amides is 2. The molecule has 2 aliphatic heterocycles. The Hall–Kier alpha value is -1.10. The Morgan fingerprint density at radius 1 is 1.30 bits per heavy atom. The molecule has 5 heteroatoms. The predicted molar refractivity (Wildman–Crippen MR) is 75.8 cm³/mol. The lowest BCUT2D eigenvalue weighted by Gasteiger charge is -2.41. The van der Waals surface area contributed by atoms with Crippen molar-refractivity contribution < 1.29 is 9.59 Å². The lowest BCUT2D eigenvalue weighted by Crippen LogP contribution is -2.56. The van der Waals surface area contributed by atoms with Crippen molar-refractivity contribution in [1.82, 2.24) is 10.2 Å². The third-order valence-electron chi connectivity index (χ3n) is 5.38. The van der Waals surface area contributed by atoms with Gasteiger partial charge >= 0.3 is 0 Å². The maximum absolute atomic E-state index is 13.0. The van der Waals surface area contributed by atoms with Gasteiger partial charge in [-0.3, -0.25) is 9.59 Å². The molecule has 0 radical (unpaired) electrons. The first kappa shape index (κ1) is 13.9. The van der Waals surface area contributed by atoms with E-state index in [1.807, 2.05) is 11.8 Å². The van der Waals surface area contributed by atoms with Crippen LogP contribution in [-0.2, 0) is 9.59 Å². The SMILES string of the molecule is CC1(N)CCCCC1C(=O)N1C2CCC1CC(=O)NC2. The maximum Gasteiger partial charge on any atom is 0.228 e. The van der Waals surface area contributed by atoms with Gasteiger partial charge in [-0.1, -0.05) is 12.8 Å². The van der Waals surface area contributed by atoms with Gasteiger partial charge in [0.15, 0.2) is 0 Å². The fraction of sp³-hybridized carbons (Fsp3) is 0.867. The van der Waals surface area contributed by atoms with E-state index in [-0.39, 0.29) is 29.8 Å². The van der Waals surface area contributed by atoms with Crippen LogP contribution in [0.2, 0.25) is 0 Å². The van der Waals surface area contributed by atoms with E-state index in [9.17, 15) is 9.59 Å². The summed E-state index contributed by atoms with van der Waals surface area (Å²) in [6.07, 6.45) is 6.43. The summed E-state index contributed by atoms with van der Waals surface area (Å²) in [5.74, 6) is 0.195. The highest BCUT2D eigenvalue weighted by Gasteiger charge is 2.46. The third-order valence-corrected chi connectivity index (χ3v) is 5.38. The molecule has 3 rings (SSSR count).